The largest absolute Gasteiger partial charge is 0.140 e. The lowest BCUT2D eigenvalue weighted by molar-refractivity contribution is 1.18. The van der Waals surface area contributed by atoms with Crippen LogP contribution in [0.3, 0.4) is 0 Å². The Morgan fingerprint density at radius 1 is 0.531 bits per heavy atom. The molecule has 4 aromatic carbocycles. The molecule has 32 heavy (non-hydrogen) atoms. The quantitative estimate of drug-likeness (QED) is 0.236. The second-order valence-electron chi connectivity index (χ2n) is 8.96. The fourth-order valence-corrected chi connectivity index (χ4v) is 8.47. The van der Waals surface area contributed by atoms with Crippen molar-refractivity contribution in [2.24, 2.45) is 0 Å². The Morgan fingerprint density at radius 2 is 0.906 bits per heavy atom. The van der Waals surface area contributed by atoms with Crippen molar-refractivity contribution in [2.45, 2.75) is 26.7 Å². The van der Waals surface area contributed by atoms with Gasteiger partial charge in [0.25, 0.3) is 0 Å². The van der Waals surface area contributed by atoms with Crippen LogP contribution in [0, 0.1) is 40.4 Å². The predicted molar refractivity (Wildman–Crippen MR) is 137 cm³/mol. The first-order valence-electron chi connectivity index (χ1n) is 11.5. The van der Waals surface area contributed by atoms with E-state index in [9.17, 15) is 0 Å². The van der Waals surface area contributed by atoms with Crippen molar-refractivity contribution in [1.29, 1.82) is 0 Å². The number of aryl methyl sites for hydroxylation is 2. The molecular weight excluding hydrogens is 424 g/mol. The van der Waals surface area contributed by atoms with Crippen LogP contribution in [0.1, 0.15) is 23.6 Å². The van der Waals surface area contributed by atoms with Gasteiger partial charge in [0, 0.05) is 50.5 Å². The number of benzene rings is 4. The molecule has 0 saturated carbocycles. The van der Waals surface area contributed by atoms with E-state index in [1.54, 1.807) is 0 Å². The van der Waals surface area contributed by atoms with Crippen LogP contribution < -0.4 is 0 Å². The third-order valence-corrected chi connectivity index (χ3v) is 10.0. The minimum atomic E-state index is 1.10. The summed E-state index contributed by atoms with van der Waals surface area (Å²) in [6.45, 7) is 4.55. The van der Waals surface area contributed by atoms with Crippen LogP contribution in [0.15, 0.2) is 60.7 Å². The van der Waals surface area contributed by atoms with Gasteiger partial charge in [0.1, 0.15) is 0 Å². The van der Waals surface area contributed by atoms with Gasteiger partial charge in [0.05, 0.1) is 0 Å². The molecule has 0 unspecified atom stereocenters. The van der Waals surface area contributed by atoms with Gasteiger partial charge in [-0.2, -0.15) is 0 Å². The van der Waals surface area contributed by atoms with Crippen LogP contribution in [0.4, 0.5) is 0 Å². The summed E-state index contributed by atoms with van der Waals surface area (Å²) >= 11 is 4.00. The molecule has 2 heterocycles. The topological polar surface area (TPSA) is 0 Å². The molecule has 2 heteroatoms. The number of fused-ring (bicyclic) bond motifs is 8. The molecular formula is C30H20S2. The van der Waals surface area contributed by atoms with Crippen molar-refractivity contribution in [3.05, 3.63) is 111 Å². The lowest BCUT2D eigenvalue weighted by Gasteiger charge is -2.08. The van der Waals surface area contributed by atoms with Crippen molar-refractivity contribution in [3.63, 3.8) is 0 Å². The Labute approximate surface area is 192 Å². The molecule has 2 aromatic heterocycles. The number of rotatable bonds is 2. The van der Waals surface area contributed by atoms with Gasteiger partial charge in [-0.15, -0.1) is 22.7 Å². The highest BCUT2D eigenvalue weighted by Crippen LogP contribution is 2.41. The van der Waals surface area contributed by atoms with Crippen molar-refractivity contribution in [2.75, 3.05) is 0 Å². The van der Waals surface area contributed by atoms with Crippen LogP contribution in [0.2, 0.25) is 0 Å². The average Bonchev–Trinajstić information content (AvgIpc) is 3.56. The molecule has 0 spiro atoms. The molecule has 6 aromatic rings. The van der Waals surface area contributed by atoms with Crippen molar-refractivity contribution in [3.8, 4) is 0 Å². The molecule has 2 aliphatic carbocycles. The van der Waals surface area contributed by atoms with E-state index >= 15 is 0 Å². The van der Waals surface area contributed by atoms with Crippen LogP contribution in [0.25, 0.3) is 32.3 Å². The molecule has 0 atom stereocenters. The Kier molecular flexibility index (Phi) is 3.24. The summed E-state index contributed by atoms with van der Waals surface area (Å²) in [5, 5.41) is 17.5. The predicted octanol–water partition coefficient (Wildman–Crippen LogP) is 8.17. The third kappa shape index (κ3) is 1.87. The van der Waals surface area contributed by atoms with Gasteiger partial charge >= 0.3 is 0 Å². The Morgan fingerprint density at radius 3 is 1.28 bits per heavy atom. The first-order chi connectivity index (χ1) is 15.8. The van der Waals surface area contributed by atoms with Crippen molar-refractivity contribution < 1.29 is 0 Å². The van der Waals surface area contributed by atoms with E-state index in [0.29, 0.717) is 0 Å². The number of hydrogen-bond donors (Lipinski definition) is 0. The Hall–Kier alpha value is -2.94. The van der Waals surface area contributed by atoms with Gasteiger partial charge in [0.2, 0.25) is 0 Å². The highest BCUT2D eigenvalue weighted by Gasteiger charge is 2.21. The normalized spacial score (nSPS) is 12.9. The molecule has 2 aliphatic rings. The van der Waals surface area contributed by atoms with E-state index in [0.717, 1.165) is 12.8 Å². The molecule has 0 saturated heterocycles. The van der Waals surface area contributed by atoms with Gasteiger partial charge in [-0.25, -0.2) is 0 Å². The fourth-order valence-electron chi connectivity index (χ4n) is 6.13. The monoisotopic (exact) mass is 444 g/mol. The zero-order valence-corrected chi connectivity index (χ0v) is 19.6. The maximum Gasteiger partial charge on any atom is 0.0437 e. The summed E-state index contributed by atoms with van der Waals surface area (Å²) in [6, 6.07) is 23.2. The second-order valence-corrected chi connectivity index (χ2v) is 11.2. The fraction of sp³-hybridized carbons (Fsp3) is 0.133. The molecule has 0 amide bonds. The molecule has 0 nitrogen and oxygen atoms in total. The summed E-state index contributed by atoms with van der Waals surface area (Å²) in [5.74, 6) is 0. The van der Waals surface area contributed by atoms with E-state index < -0.39 is 0 Å². The highest BCUT2D eigenvalue weighted by atomic mass is 32.1. The molecule has 0 bridgehead atoms. The van der Waals surface area contributed by atoms with Crippen LogP contribution >= 0.6 is 22.7 Å². The summed E-state index contributed by atoms with van der Waals surface area (Å²) in [4.78, 5) is 2.97. The number of hydrogen-bond acceptors (Lipinski definition) is 2. The first kappa shape index (κ1) is 17.6. The average molecular weight is 445 g/mol. The van der Waals surface area contributed by atoms with E-state index in [2.05, 4.69) is 74.5 Å². The molecule has 8 rings (SSSR count). The minimum absolute atomic E-state index is 1.10. The van der Waals surface area contributed by atoms with Gasteiger partial charge in [0.15, 0.2) is 0 Å². The molecule has 152 valence electrons. The standard InChI is InChI=1S/C30H20S2/c1-3-15-13-21-23-17-9-5-6-10-18(17)24-22-14-16(4-2)32-30(22)26-20-12-8-7-11-19(20)25(29(21)31-15)27(23)28(24)26/h5-14H,3-4H2,1-2H3. The number of thiophene rings is 2. The summed E-state index contributed by atoms with van der Waals surface area (Å²) in [7, 11) is 0. The zero-order valence-electron chi connectivity index (χ0n) is 18.0. The lowest BCUT2D eigenvalue weighted by Crippen LogP contribution is -1.87. The molecule has 0 fully saturated rings. The van der Waals surface area contributed by atoms with Crippen LogP contribution in [0.5, 0.6) is 0 Å². The van der Waals surface area contributed by atoms with Crippen molar-refractivity contribution in [1.82, 2.24) is 0 Å². The SMILES string of the molecule is CCc1cc2c(s1)=c1c3ccccc3c3c4c(c5ccccc5c=2c14)=c1cc(CC)sc1=3. The van der Waals surface area contributed by atoms with E-state index in [1.165, 1.54) is 82.4 Å². The third-order valence-electron chi connectivity index (χ3n) is 7.44. The Bertz CT molecular complexity index is 1900. The second kappa shape index (κ2) is 5.89. The maximum atomic E-state index is 2.47. The van der Waals surface area contributed by atoms with Gasteiger partial charge in [-0.3, -0.25) is 0 Å². The van der Waals surface area contributed by atoms with Gasteiger partial charge in [-0.05, 0) is 57.0 Å². The van der Waals surface area contributed by atoms with Crippen LogP contribution in [-0.4, -0.2) is 0 Å². The first-order valence-corrected chi connectivity index (χ1v) is 13.1. The lowest BCUT2D eigenvalue weighted by atomic mass is 9.94. The maximum absolute atomic E-state index is 2.47. The highest BCUT2D eigenvalue weighted by molar-refractivity contribution is 7.10. The van der Waals surface area contributed by atoms with Crippen molar-refractivity contribution >= 4 is 55.0 Å². The van der Waals surface area contributed by atoms with E-state index in [1.807, 2.05) is 22.7 Å². The van der Waals surface area contributed by atoms with Gasteiger partial charge < -0.3 is 0 Å². The van der Waals surface area contributed by atoms with Gasteiger partial charge in [-0.1, -0.05) is 62.4 Å². The summed E-state index contributed by atoms with van der Waals surface area (Å²) in [5.41, 5.74) is 0. The van der Waals surface area contributed by atoms with E-state index in [4.69, 9.17) is 0 Å². The molecule has 0 radical (unpaired) electrons. The Balaban J connectivity index is 1.93. The van der Waals surface area contributed by atoms with E-state index in [-0.39, 0.29) is 0 Å². The summed E-state index contributed by atoms with van der Waals surface area (Å²) in [6.07, 6.45) is 2.19. The molecule has 0 N–H and O–H groups in total. The van der Waals surface area contributed by atoms with Crippen LogP contribution in [-0.2, 0) is 12.8 Å². The summed E-state index contributed by atoms with van der Waals surface area (Å²) < 4.78 is 2.96. The molecule has 0 aliphatic heterocycles. The zero-order chi connectivity index (χ0) is 21.1. The smallest absolute Gasteiger partial charge is 0.0437 e. The minimum Gasteiger partial charge on any atom is -0.140 e.